The maximum absolute atomic E-state index is 11.8. The minimum atomic E-state index is -0.136. The highest BCUT2D eigenvalue weighted by Crippen LogP contribution is 2.18. The van der Waals surface area contributed by atoms with E-state index in [4.69, 9.17) is 23.2 Å². The summed E-state index contributed by atoms with van der Waals surface area (Å²) in [7, 11) is 0. The first kappa shape index (κ1) is 12.7. The molecule has 1 aliphatic heterocycles. The molecule has 0 saturated carbocycles. The van der Waals surface area contributed by atoms with Crippen molar-refractivity contribution in [1.29, 1.82) is 0 Å². The lowest BCUT2D eigenvalue weighted by atomic mass is 10.2. The van der Waals surface area contributed by atoms with E-state index in [1.165, 1.54) is 6.42 Å². The maximum Gasteiger partial charge on any atom is 0.251 e. The molecule has 17 heavy (non-hydrogen) atoms. The third-order valence-electron chi connectivity index (χ3n) is 2.80. The van der Waals surface area contributed by atoms with Crippen LogP contribution >= 0.6 is 23.2 Å². The Morgan fingerprint density at radius 2 is 2.06 bits per heavy atom. The van der Waals surface area contributed by atoms with Crippen LogP contribution in [-0.2, 0) is 0 Å². The number of nitrogens with one attached hydrogen (secondary N) is 2. The number of hydrogen-bond acceptors (Lipinski definition) is 2. The molecule has 0 aliphatic carbocycles. The third-order valence-corrected chi connectivity index (χ3v) is 3.23. The van der Waals surface area contributed by atoms with Crippen LogP contribution in [0, 0.1) is 0 Å². The number of carbonyl (C=O) groups excluding carboxylic acids is 1. The molecule has 1 atom stereocenters. The van der Waals surface area contributed by atoms with Gasteiger partial charge in [-0.15, -0.1) is 0 Å². The zero-order valence-corrected chi connectivity index (χ0v) is 10.8. The van der Waals surface area contributed by atoms with Gasteiger partial charge in [0.1, 0.15) is 0 Å². The fourth-order valence-electron chi connectivity index (χ4n) is 1.93. The molecule has 1 aromatic carbocycles. The van der Waals surface area contributed by atoms with Gasteiger partial charge in [-0.25, -0.2) is 0 Å². The van der Waals surface area contributed by atoms with Crippen LogP contribution in [0.1, 0.15) is 23.2 Å². The number of hydrogen-bond donors (Lipinski definition) is 2. The molecule has 0 aromatic heterocycles. The lowest BCUT2D eigenvalue weighted by Crippen LogP contribution is -2.37. The van der Waals surface area contributed by atoms with E-state index < -0.39 is 0 Å². The van der Waals surface area contributed by atoms with Crippen LogP contribution in [0.15, 0.2) is 18.2 Å². The Hall–Kier alpha value is -0.770. The Morgan fingerprint density at radius 3 is 2.65 bits per heavy atom. The molecule has 1 unspecified atom stereocenters. The van der Waals surface area contributed by atoms with Gasteiger partial charge in [0.05, 0.1) is 0 Å². The monoisotopic (exact) mass is 272 g/mol. The van der Waals surface area contributed by atoms with Crippen molar-refractivity contribution in [3.63, 3.8) is 0 Å². The summed E-state index contributed by atoms with van der Waals surface area (Å²) in [5.41, 5.74) is 0.500. The lowest BCUT2D eigenvalue weighted by Gasteiger charge is -2.11. The molecule has 1 aromatic rings. The fraction of sp³-hybridized carbons (Fsp3) is 0.417. The van der Waals surface area contributed by atoms with Crippen LogP contribution in [0.5, 0.6) is 0 Å². The summed E-state index contributed by atoms with van der Waals surface area (Å²) < 4.78 is 0. The van der Waals surface area contributed by atoms with E-state index in [0.717, 1.165) is 13.0 Å². The predicted molar refractivity (Wildman–Crippen MR) is 69.8 cm³/mol. The van der Waals surface area contributed by atoms with Gasteiger partial charge in [-0.1, -0.05) is 23.2 Å². The molecule has 1 aliphatic rings. The Balaban J connectivity index is 1.94. The van der Waals surface area contributed by atoms with Gasteiger partial charge in [-0.2, -0.15) is 0 Å². The van der Waals surface area contributed by atoms with Crippen LogP contribution < -0.4 is 10.6 Å². The van der Waals surface area contributed by atoms with Gasteiger partial charge in [-0.3, -0.25) is 4.79 Å². The van der Waals surface area contributed by atoms with Crippen molar-refractivity contribution in [3.05, 3.63) is 33.8 Å². The highest BCUT2D eigenvalue weighted by Gasteiger charge is 2.15. The topological polar surface area (TPSA) is 41.1 Å². The fourth-order valence-corrected chi connectivity index (χ4v) is 2.46. The van der Waals surface area contributed by atoms with Gasteiger partial charge < -0.3 is 10.6 Å². The van der Waals surface area contributed by atoms with E-state index in [0.29, 0.717) is 28.2 Å². The summed E-state index contributed by atoms with van der Waals surface area (Å²) in [6.07, 6.45) is 2.28. The quantitative estimate of drug-likeness (QED) is 0.888. The molecule has 5 heteroatoms. The Bertz CT molecular complexity index is 397. The van der Waals surface area contributed by atoms with Crippen molar-refractivity contribution in [1.82, 2.24) is 10.6 Å². The van der Waals surface area contributed by atoms with Crippen molar-refractivity contribution < 1.29 is 4.79 Å². The molecule has 92 valence electrons. The van der Waals surface area contributed by atoms with E-state index in [2.05, 4.69) is 10.6 Å². The van der Waals surface area contributed by atoms with Gasteiger partial charge in [0.25, 0.3) is 5.91 Å². The van der Waals surface area contributed by atoms with Gasteiger partial charge in [0, 0.05) is 28.2 Å². The van der Waals surface area contributed by atoms with Crippen LogP contribution in [0.25, 0.3) is 0 Å². The smallest absolute Gasteiger partial charge is 0.251 e. The molecule has 1 amide bonds. The number of rotatable bonds is 3. The minimum absolute atomic E-state index is 0.136. The second-order valence-corrected chi connectivity index (χ2v) is 5.03. The van der Waals surface area contributed by atoms with Crippen molar-refractivity contribution in [3.8, 4) is 0 Å². The molecule has 0 bridgehead atoms. The maximum atomic E-state index is 11.8. The summed E-state index contributed by atoms with van der Waals surface area (Å²) >= 11 is 11.7. The Morgan fingerprint density at radius 1 is 1.35 bits per heavy atom. The first-order chi connectivity index (χ1) is 8.15. The normalized spacial score (nSPS) is 19.3. The van der Waals surface area contributed by atoms with E-state index in [-0.39, 0.29) is 5.91 Å². The number of amides is 1. The van der Waals surface area contributed by atoms with Gasteiger partial charge >= 0.3 is 0 Å². The molecular formula is C12H14Cl2N2O. The molecule has 1 heterocycles. The summed E-state index contributed by atoms with van der Waals surface area (Å²) in [6, 6.07) is 5.22. The first-order valence-electron chi connectivity index (χ1n) is 5.63. The summed E-state index contributed by atoms with van der Waals surface area (Å²) in [5.74, 6) is -0.136. The highest BCUT2D eigenvalue weighted by molar-refractivity contribution is 6.35. The van der Waals surface area contributed by atoms with E-state index >= 15 is 0 Å². The second kappa shape index (κ2) is 5.71. The second-order valence-electron chi connectivity index (χ2n) is 4.16. The third kappa shape index (κ3) is 3.60. The minimum Gasteiger partial charge on any atom is -0.350 e. The SMILES string of the molecule is O=C(NCC1CCCN1)c1cc(Cl)cc(Cl)c1. The molecular weight excluding hydrogens is 259 g/mol. The standard InChI is InChI=1S/C12H14Cl2N2O/c13-9-4-8(5-10(14)6-9)12(17)16-7-11-2-1-3-15-11/h4-6,11,15H,1-3,7H2,(H,16,17). The van der Waals surface area contributed by atoms with Gasteiger partial charge in [0.2, 0.25) is 0 Å². The summed E-state index contributed by atoms with van der Waals surface area (Å²) in [4.78, 5) is 11.8. The molecule has 1 fully saturated rings. The Kier molecular flexibility index (Phi) is 4.26. The summed E-state index contributed by atoms with van der Waals surface area (Å²) in [6.45, 7) is 1.67. The van der Waals surface area contributed by atoms with Crippen molar-refractivity contribution in [2.45, 2.75) is 18.9 Å². The predicted octanol–water partition coefficient (Wildman–Crippen LogP) is 2.48. The number of carbonyl (C=O) groups is 1. The van der Waals surface area contributed by atoms with Crippen molar-refractivity contribution >= 4 is 29.1 Å². The molecule has 0 radical (unpaired) electrons. The van der Waals surface area contributed by atoms with Crippen LogP contribution in [0.2, 0.25) is 10.0 Å². The molecule has 2 rings (SSSR count). The molecule has 3 nitrogen and oxygen atoms in total. The van der Waals surface area contributed by atoms with Crippen LogP contribution in [0.3, 0.4) is 0 Å². The van der Waals surface area contributed by atoms with Crippen molar-refractivity contribution in [2.24, 2.45) is 0 Å². The zero-order chi connectivity index (χ0) is 12.3. The highest BCUT2D eigenvalue weighted by atomic mass is 35.5. The van der Waals surface area contributed by atoms with Gasteiger partial charge in [-0.05, 0) is 37.6 Å². The molecule has 2 N–H and O–H groups in total. The van der Waals surface area contributed by atoms with Crippen LogP contribution in [0.4, 0.5) is 0 Å². The van der Waals surface area contributed by atoms with E-state index in [9.17, 15) is 4.79 Å². The van der Waals surface area contributed by atoms with Crippen molar-refractivity contribution in [2.75, 3.05) is 13.1 Å². The average Bonchev–Trinajstić information content (AvgIpc) is 2.77. The number of benzene rings is 1. The lowest BCUT2D eigenvalue weighted by molar-refractivity contribution is 0.0950. The summed E-state index contributed by atoms with van der Waals surface area (Å²) in [5, 5.41) is 7.14. The molecule has 1 saturated heterocycles. The van der Waals surface area contributed by atoms with E-state index in [1.54, 1.807) is 18.2 Å². The van der Waals surface area contributed by atoms with Crippen LogP contribution in [-0.4, -0.2) is 25.0 Å². The van der Waals surface area contributed by atoms with Gasteiger partial charge in [0.15, 0.2) is 0 Å². The largest absolute Gasteiger partial charge is 0.350 e. The molecule has 0 spiro atoms. The first-order valence-corrected chi connectivity index (χ1v) is 6.38. The average molecular weight is 273 g/mol. The van der Waals surface area contributed by atoms with E-state index in [1.807, 2.05) is 0 Å². The zero-order valence-electron chi connectivity index (χ0n) is 9.30. The number of halogens is 2. The Labute approximate surface area is 110 Å².